The summed E-state index contributed by atoms with van der Waals surface area (Å²) < 4.78 is 0. The van der Waals surface area contributed by atoms with Crippen molar-refractivity contribution in [3.05, 3.63) is 57.6 Å². The number of hydrogen-bond donors (Lipinski definition) is 2. The van der Waals surface area contributed by atoms with E-state index in [4.69, 9.17) is 23.2 Å². The molecule has 0 unspecified atom stereocenters. The fourth-order valence-corrected chi connectivity index (χ4v) is 3.11. The molecule has 2 N–H and O–H groups in total. The number of hydrogen-bond acceptors (Lipinski definition) is 6. The van der Waals surface area contributed by atoms with E-state index in [1.807, 2.05) is 74.4 Å². The quantitative estimate of drug-likeness (QED) is 0.390. The molecule has 0 radical (unpaired) electrons. The summed E-state index contributed by atoms with van der Waals surface area (Å²) in [5.74, 6) is -0.590. The Bertz CT molecular complexity index is 956. The number of hydrazone groups is 2. The van der Waals surface area contributed by atoms with E-state index in [0.717, 1.165) is 11.4 Å². The fourth-order valence-electron chi connectivity index (χ4n) is 2.67. The molecule has 0 spiro atoms. The van der Waals surface area contributed by atoms with Gasteiger partial charge in [-0.25, -0.2) is 10.9 Å². The number of nitrogens with one attached hydrogen (secondary N) is 2. The summed E-state index contributed by atoms with van der Waals surface area (Å²) in [5, 5.41) is 8.91. The van der Waals surface area contributed by atoms with Gasteiger partial charge in [-0.3, -0.25) is 9.59 Å². The van der Waals surface area contributed by atoms with Gasteiger partial charge in [0, 0.05) is 63.5 Å². The Hall–Kier alpha value is -3.10. The van der Waals surface area contributed by atoms with Gasteiger partial charge in [0.25, 0.3) is 0 Å². The normalized spacial score (nSPS) is 11.1. The average Bonchev–Trinajstić information content (AvgIpc) is 2.75. The Labute approximate surface area is 204 Å². The van der Waals surface area contributed by atoms with Crippen LogP contribution < -0.4 is 20.7 Å². The Morgan fingerprint density at radius 1 is 0.788 bits per heavy atom. The minimum absolute atomic E-state index is 0.152. The van der Waals surface area contributed by atoms with Crippen molar-refractivity contribution in [2.75, 3.05) is 38.0 Å². The maximum Gasteiger partial charge on any atom is 0.240 e. The molecule has 0 saturated heterocycles. The maximum atomic E-state index is 11.9. The molecule has 2 amide bonds. The van der Waals surface area contributed by atoms with Crippen LogP contribution in [0.2, 0.25) is 10.0 Å². The van der Waals surface area contributed by atoms with Crippen LogP contribution in [0.1, 0.15) is 30.4 Å². The van der Waals surface area contributed by atoms with Crippen LogP contribution in [0.25, 0.3) is 0 Å². The number of anilines is 2. The van der Waals surface area contributed by atoms with Crippen LogP contribution in [0.15, 0.2) is 46.6 Å². The summed E-state index contributed by atoms with van der Waals surface area (Å²) in [4.78, 5) is 27.7. The highest BCUT2D eigenvalue weighted by Crippen LogP contribution is 2.22. The van der Waals surface area contributed by atoms with Crippen molar-refractivity contribution in [3.63, 3.8) is 0 Å². The zero-order valence-corrected chi connectivity index (χ0v) is 20.6. The Balaban J connectivity index is 1.71. The summed E-state index contributed by atoms with van der Waals surface area (Å²) in [7, 11) is 7.69. The molecule has 0 fully saturated rings. The molecule has 8 nitrogen and oxygen atoms in total. The van der Waals surface area contributed by atoms with E-state index in [0.29, 0.717) is 27.6 Å². The molecule has 176 valence electrons. The van der Waals surface area contributed by atoms with Gasteiger partial charge in [0.2, 0.25) is 11.8 Å². The van der Waals surface area contributed by atoms with Crippen molar-refractivity contribution in [1.82, 2.24) is 10.9 Å². The first kappa shape index (κ1) is 26.2. The molecule has 0 saturated carbocycles. The largest absolute Gasteiger partial charge is 0.378 e. The Morgan fingerprint density at radius 3 is 1.52 bits per heavy atom. The molecule has 33 heavy (non-hydrogen) atoms. The lowest BCUT2D eigenvalue weighted by molar-refractivity contribution is -0.122. The van der Waals surface area contributed by atoms with Crippen LogP contribution in [-0.4, -0.2) is 52.4 Å². The monoisotopic (exact) mass is 490 g/mol. The van der Waals surface area contributed by atoms with Crippen molar-refractivity contribution in [2.45, 2.75) is 19.3 Å². The lowest BCUT2D eigenvalue weighted by atomic mass is 10.2. The van der Waals surface area contributed by atoms with Gasteiger partial charge in [-0.15, -0.1) is 0 Å². The molecule has 10 heteroatoms. The first-order valence-electron chi connectivity index (χ1n) is 10.2. The van der Waals surface area contributed by atoms with Crippen LogP contribution in [0.4, 0.5) is 11.4 Å². The minimum atomic E-state index is -0.295. The number of halogens is 2. The van der Waals surface area contributed by atoms with E-state index in [1.54, 1.807) is 0 Å². The second-order valence-corrected chi connectivity index (χ2v) is 8.45. The maximum absolute atomic E-state index is 11.9. The second kappa shape index (κ2) is 12.8. The van der Waals surface area contributed by atoms with Crippen LogP contribution in [0.5, 0.6) is 0 Å². The van der Waals surface area contributed by atoms with Crippen LogP contribution in [0, 0.1) is 0 Å². The summed E-state index contributed by atoms with van der Waals surface area (Å²) >= 11 is 12.4. The average molecular weight is 491 g/mol. The highest BCUT2D eigenvalue weighted by Gasteiger charge is 2.06. The predicted octanol–water partition coefficient (Wildman–Crippen LogP) is 3.90. The van der Waals surface area contributed by atoms with Gasteiger partial charge in [-0.2, -0.15) is 10.2 Å². The molecule has 0 aliphatic heterocycles. The molecule has 0 aliphatic rings. The molecule has 2 rings (SSSR count). The van der Waals surface area contributed by atoms with Crippen LogP contribution in [0.3, 0.4) is 0 Å². The molecule has 0 atom stereocenters. The van der Waals surface area contributed by atoms with Crippen LogP contribution >= 0.6 is 23.2 Å². The van der Waals surface area contributed by atoms with E-state index in [2.05, 4.69) is 21.1 Å². The third-order valence-electron chi connectivity index (χ3n) is 4.59. The lowest BCUT2D eigenvalue weighted by Crippen LogP contribution is -2.20. The van der Waals surface area contributed by atoms with E-state index >= 15 is 0 Å². The standard InChI is InChI=1S/C23H28Cl2N6O2/c1-30(2)18-10-8-16(20(24)12-18)14-26-28-22(32)6-5-7-23(33)29-27-15-17-9-11-19(31(3)4)13-21(17)25/h8-15H,5-7H2,1-4H3,(H,28,32)(H,29,33)/b26-14+,27-15+. The summed E-state index contributed by atoms with van der Waals surface area (Å²) in [6.45, 7) is 0. The van der Waals surface area contributed by atoms with Crippen LogP contribution in [-0.2, 0) is 9.59 Å². The molecule has 2 aromatic rings. The van der Waals surface area contributed by atoms with E-state index in [1.165, 1.54) is 12.4 Å². The minimum Gasteiger partial charge on any atom is -0.378 e. The number of amides is 2. The van der Waals surface area contributed by atoms with Crippen molar-refractivity contribution < 1.29 is 9.59 Å². The molecular formula is C23H28Cl2N6O2. The number of benzene rings is 2. The van der Waals surface area contributed by atoms with Gasteiger partial charge in [0.15, 0.2) is 0 Å². The number of nitrogens with zero attached hydrogens (tertiary/aromatic N) is 4. The zero-order chi connectivity index (χ0) is 24.4. The van der Waals surface area contributed by atoms with Gasteiger partial charge >= 0.3 is 0 Å². The second-order valence-electron chi connectivity index (χ2n) is 7.64. The highest BCUT2D eigenvalue weighted by atomic mass is 35.5. The van der Waals surface area contributed by atoms with Crippen molar-refractivity contribution in [3.8, 4) is 0 Å². The number of carbonyl (C=O) groups excluding carboxylic acids is 2. The zero-order valence-electron chi connectivity index (χ0n) is 19.1. The number of rotatable bonds is 10. The first-order chi connectivity index (χ1) is 15.7. The third-order valence-corrected chi connectivity index (χ3v) is 5.25. The van der Waals surface area contributed by atoms with E-state index in [-0.39, 0.29) is 24.7 Å². The fraction of sp³-hybridized carbons (Fsp3) is 0.304. The van der Waals surface area contributed by atoms with Gasteiger partial charge in [0.1, 0.15) is 0 Å². The lowest BCUT2D eigenvalue weighted by Gasteiger charge is -2.13. The van der Waals surface area contributed by atoms with Gasteiger partial charge in [-0.05, 0) is 42.8 Å². The topological polar surface area (TPSA) is 89.4 Å². The van der Waals surface area contributed by atoms with Crippen molar-refractivity contribution in [2.24, 2.45) is 10.2 Å². The SMILES string of the molecule is CN(C)c1ccc(/C=N/NC(=O)CCCC(=O)N/N=C/c2ccc(N(C)C)cc2Cl)c(Cl)c1. The Kier molecular flexibility index (Phi) is 10.2. The van der Waals surface area contributed by atoms with Gasteiger partial charge in [0.05, 0.1) is 22.5 Å². The number of carbonyl (C=O) groups is 2. The third kappa shape index (κ3) is 8.75. The van der Waals surface area contributed by atoms with E-state index in [9.17, 15) is 9.59 Å². The predicted molar refractivity (Wildman–Crippen MR) is 137 cm³/mol. The van der Waals surface area contributed by atoms with Gasteiger partial charge in [-0.1, -0.05) is 23.2 Å². The Morgan fingerprint density at radius 2 is 1.18 bits per heavy atom. The summed E-state index contributed by atoms with van der Waals surface area (Å²) in [5.41, 5.74) is 8.19. The first-order valence-corrected chi connectivity index (χ1v) is 11.0. The van der Waals surface area contributed by atoms with Crippen molar-refractivity contribution in [1.29, 1.82) is 0 Å². The molecule has 2 aromatic carbocycles. The molecule has 0 aromatic heterocycles. The van der Waals surface area contributed by atoms with Crippen molar-refractivity contribution >= 4 is 58.8 Å². The summed E-state index contributed by atoms with van der Waals surface area (Å²) in [6, 6.07) is 11.1. The van der Waals surface area contributed by atoms with E-state index < -0.39 is 0 Å². The highest BCUT2D eigenvalue weighted by molar-refractivity contribution is 6.33. The molecular weight excluding hydrogens is 463 g/mol. The van der Waals surface area contributed by atoms with Gasteiger partial charge < -0.3 is 9.80 Å². The molecule has 0 heterocycles. The smallest absolute Gasteiger partial charge is 0.240 e. The molecule has 0 aliphatic carbocycles. The summed E-state index contributed by atoms with van der Waals surface area (Å²) in [6.07, 6.45) is 3.63. The molecule has 0 bridgehead atoms.